The molecule has 0 aromatic carbocycles. The summed E-state index contributed by atoms with van der Waals surface area (Å²) in [5, 5.41) is 7.79. The summed E-state index contributed by atoms with van der Waals surface area (Å²) in [5.74, 6) is 0.341. The van der Waals surface area contributed by atoms with E-state index in [4.69, 9.17) is 16.3 Å². The first-order valence-electron chi connectivity index (χ1n) is 8.22. The van der Waals surface area contributed by atoms with Crippen molar-refractivity contribution in [2.24, 2.45) is 0 Å². The van der Waals surface area contributed by atoms with Gasteiger partial charge in [-0.1, -0.05) is 31.0 Å². The molecule has 2 aromatic rings. The van der Waals surface area contributed by atoms with Gasteiger partial charge in [0.05, 0.1) is 12.8 Å². The molecule has 0 aliphatic rings. The van der Waals surface area contributed by atoms with E-state index in [1.807, 2.05) is 13.0 Å². The van der Waals surface area contributed by atoms with Gasteiger partial charge in [-0.05, 0) is 25.0 Å². The van der Waals surface area contributed by atoms with Crippen molar-refractivity contribution in [2.75, 3.05) is 7.11 Å². The number of aryl methyl sites for hydroxylation is 2. The van der Waals surface area contributed by atoms with Gasteiger partial charge < -0.3 is 10.1 Å². The van der Waals surface area contributed by atoms with Crippen molar-refractivity contribution in [3.63, 3.8) is 0 Å². The molecule has 134 valence electrons. The molecule has 0 fully saturated rings. The highest BCUT2D eigenvalue weighted by molar-refractivity contribution is 6.31. The van der Waals surface area contributed by atoms with Gasteiger partial charge in [-0.2, -0.15) is 5.10 Å². The Balaban J connectivity index is 1.94. The minimum atomic E-state index is -0.201. The first-order chi connectivity index (χ1) is 12.0. The van der Waals surface area contributed by atoms with Crippen LogP contribution in [0, 0.1) is 6.92 Å². The number of carbonyl (C=O) groups excluding carboxylic acids is 1. The topological polar surface area (TPSA) is 69.0 Å². The summed E-state index contributed by atoms with van der Waals surface area (Å²) in [4.78, 5) is 16.1. The van der Waals surface area contributed by atoms with E-state index < -0.39 is 0 Å². The second-order valence-corrected chi connectivity index (χ2v) is 5.98. The Bertz CT molecular complexity index is 738. The quantitative estimate of drug-likeness (QED) is 0.731. The number of pyridine rings is 1. The Morgan fingerprint density at radius 3 is 2.88 bits per heavy atom. The van der Waals surface area contributed by atoms with Crippen LogP contribution in [0.1, 0.15) is 36.6 Å². The molecule has 0 unspecified atom stereocenters. The van der Waals surface area contributed by atoms with Gasteiger partial charge in [0.1, 0.15) is 5.15 Å². The van der Waals surface area contributed by atoms with Gasteiger partial charge in [-0.3, -0.25) is 9.48 Å². The first kappa shape index (κ1) is 19.0. The second kappa shape index (κ2) is 9.22. The number of rotatable bonds is 8. The van der Waals surface area contributed by atoms with E-state index >= 15 is 0 Å². The van der Waals surface area contributed by atoms with Crippen LogP contribution in [0.4, 0.5) is 0 Å². The number of hydrogen-bond donors (Lipinski definition) is 1. The summed E-state index contributed by atoms with van der Waals surface area (Å²) in [6.07, 6.45) is 6.93. The molecule has 0 bridgehead atoms. The van der Waals surface area contributed by atoms with Gasteiger partial charge >= 0.3 is 0 Å². The number of ether oxygens (including phenoxy) is 1. The summed E-state index contributed by atoms with van der Waals surface area (Å²) in [5.41, 5.74) is 2.48. The number of carbonyl (C=O) groups is 1. The van der Waals surface area contributed by atoms with Crippen molar-refractivity contribution in [3.05, 3.63) is 46.4 Å². The van der Waals surface area contributed by atoms with Gasteiger partial charge in [-0.15, -0.1) is 0 Å². The Morgan fingerprint density at radius 2 is 2.24 bits per heavy atom. The van der Waals surface area contributed by atoms with E-state index in [0.29, 0.717) is 17.6 Å². The molecule has 2 aromatic heterocycles. The SMILES string of the molecule is CCCCn1nc(C)c(/C=C/C(=O)NCc2ccc(OC)nc2)c1Cl. The second-order valence-electron chi connectivity index (χ2n) is 5.63. The molecule has 0 saturated carbocycles. The minimum absolute atomic E-state index is 0.201. The molecular weight excluding hydrogens is 340 g/mol. The molecule has 0 spiro atoms. The van der Waals surface area contributed by atoms with Gasteiger partial charge in [0.15, 0.2) is 0 Å². The highest BCUT2D eigenvalue weighted by Gasteiger charge is 2.10. The van der Waals surface area contributed by atoms with Crippen LogP contribution in [0.5, 0.6) is 5.88 Å². The average molecular weight is 363 g/mol. The summed E-state index contributed by atoms with van der Waals surface area (Å²) in [6.45, 7) is 5.17. The number of unbranched alkanes of at least 4 members (excludes halogenated alkanes) is 1. The van der Waals surface area contributed by atoms with E-state index in [0.717, 1.165) is 36.2 Å². The lowest BCUT2D eigenvalue weighted by Gasteiger charge is -2.03. The average Bonchev–Trinajstić information content (AvgIpc) is 2.90. The minimum Gasteiger partial charge on any atom is -0.481 e. The van der Waals surface area contributed by atoms with Crippen molar-refractivity contribution < 1.29 is 9.53 Å². The van der Waals surface area contributed by atoms with Crippen LogP contribution in [-0.2, 0) is 17.9 Å². The molecule has 0 radical (unpaired) electrons. The molecule has 0 aliphatic carbocycles. The van der Waals surface area contributed by atoms with Crippen LogP contribution in [0.25, 0.3) is 6.08 Å². The highest BCUT2D eigenvalue weighted by Crippen LogP contribution is 2.21. The third-order valence-electron chi connectivity index (χ3n) is 3.71. The van der Waals surface area contributed by atoms with Crippen LogP contribution in [0.2, 0.25) is 5.15 Å². The Hall–Kier alpha value is -2.34. The number of hydrogen-bond acceptors (Lipinski definition) is 4. The van der Waals surface area contributed by atoms with Crippen molar-refractivity contribution in [1.82, 2.24) is 20.1 Å². The van der Waals surface area contributed by atoms with Gasteiger partial charge in [-0.25, -0.2) is 4.98 Å². The van der Waals surface area contributed by atoms with Gasteiger partial charge in [0, 0.05) is 37.0 Å². The van der Waals surface area contributed by atoms with Gasteiger partial charge in [0.25, 0.3) is 0 Å². The lowest BCUT2D eigenvalue weighted by atomic mass is 10.2. The highest BCUT2D eigenvalue weighted by atomic mass is 35.5. The van der Waals surface area contributed by atoms with Crippen molar-refractivity contribution in [2.45, 2.75) is 39.8 Å². The Labute approximate surface area is 152 Å². The first-order valence-corrected chi connectivity index (χ1v) is 8.60. The van der Waals surface area contributed by atoms with E-state index in [2.05, 4.69) is 22.3 Å². The van der Waals surface area contributed by atoms with Crippen molar-refractivity contribution >= 4 is 23.6 Å². The normalized spacial score (nSPS) is 11.0. The fourth-order valence-corrected chi connectivity index (χ4v) is 2.58. The maximum absolute atomic E-state index is 12.0. The molecule has 2 heterocycles. The van der Waals surface area contributed by atoms with E-state index in [1.165, 1.54) is 6.08 Å². The molecule has 0 aliphatic heterocycles. The fraction of sp³-hybridized carbons (Fsp3) is 0.389. The molecular formula is C18H23ClN4O2. The Kier molecular flexibility index (Phi) is 7.01. The van der Waals surface area contributed by atoms with Crippen LogP contribution < -0.4 is 10.1 Å². The van der Waals surface area contributed by atoms with Crippen LogP contribution in [-0.4, -0.2) is 27.8 Å². The number of amides is 1. The molecule has 7 heteroatoms. The molecule has 25 heavy (non-hydrogen) atoms. The zero-order valence-corrected chi connectivity index (χ0v) is 15.5. The molecule has 6 nitrogen and oxygen atoms in total. The third-order valence-corrected chi connectivity index (χ3v) is 4.11. The number of aromatic nitrogens is 3. The number of halogens is 1. The number of methoxy groups -OCH3 is 1. The third kappa shape index (κ3) is 5.32. The molecule has 1 N–H and O–H groups in total. The van der Waals surface area contributed by atoms with E-state index in [1.54, 1.807) is 30.1 Å². The standard InChI is InChI=1S/C18H23ClN4O2/c1-4-5-10-23-18(19)15(13(2)22-23)7-8-16(24)20-11-14-6-9-17(25-3)21-12-14/h6-9,12H,4-5,10-11H2,1-3H3,(H,20,24)/b8-7+. The largest absolute Gasteiger partial charge is 0.481 e. The van der Waals surface area contributed by atoms with E-state index in [-0.39, 0.29) is 5.91 Å². The van der Waals surface area contributed by atoms with Crippen molar-refractivity contribution in [3.8, 4) is 5.88 Å². The maximum atomic E-state index is 12.0. The predicted octanol–water partition coefficient (Wildman–Crippen LogP) is 3.38. The summed E-state index contributed by atoms with van der Waals surface area (Å²) >= 11 is 6.35. The monoisotopic (exact) mass is 362 g/mol. The molecule has 1 amide bonds. The number of nitrogens with one attached hydrogen (secondary N) is 1. The van der Waals surface area contributed by atoms with Gasteiger partial charge in [0.2, 0.25) is 11.8 Å². The number of nitrogens with zero attached hydrogens (tertiary/aromatic N) is 3. The van der Waals surface area contributed by atoms with Crippen molar-refractivity contribution in [1.29, 1.82) is 0 Å². The van der Waals surface area contributed by atoms with Crippen LogP contribution in [0.3, 0.4) is 0 Å². The Morgan fingerprint density at radius 1 is 1.44 bits per heavy atom. The summed E-state index contributed by atoms with van der Waals surface area (Å²) < 4.78 is 6.78. The summed E-state index contributed by atoms with van der Waals surface area (Å²) in [6, 6.07) is 3.61. The zero-order valence-electron chi connectivity index (χ0n) is 14.8. The lowest BCUT2D eigenvalue weighted by Crippen LogP contribution is -2.20. The van der Waals surface area contributed by atoms with Crippen LogP contribution in [0.15, 0.2) is 24.4 Å². The van der Waals surface area contributed by atoms with E-state index in [9.17, 15) is 4.79 Å². The lowest BCUT2D eigenvalue weighted by molar-refractivity contribution is -0.116. The smallest absolute Gasteiger partial charge is 0.244 e. The van der Waals surface area contributed by atoms with Crippen LogP contribution >= 0.6 is 11.6 Å². The zero-order chi connectivity index (χ0) is 18.2. The molecule has 2 rings (SSSR count). The maximum Gasteiger partial charge on any atom is 0.244 e. The predicted molar refractivity (Wildman–Crippen MR) is 98.6 cm³/mol. The summed E-state index contributed by atoms with van der Waals surface area (Å²) in [7, 11) is 1.56. The molecule has 0 saturated heterocycles. The molecule has 0 atom stereocenters. The fourth-order valence-electron chi connectivity index (χ4n) is 2.26.